The molecule has 0 aliphatic heterocycles. The molecule has 0 bridgehead atoms. The number of rotatable bonds is 7. The number of carbonyl (C=O) groups excluding carboxylic acids is 1. The highest BCUT2D eigenvalue weighted by Gasteiger charge is 2.43. The van der Waals surface area contributed by atoms with Gasteiger partial charge in [0.15, 0.2) is 0 Å². The molecule has 5 heteroatoms. The molecule has 0 atom stereocenters. The largest absolute Gasteiger partial charge is 0.355 e. The summed E-state index contributed by atoms with van der Waals surface area (Å²) in [7, 11) is 0. The van der Waals surface area contributed by atoms with E-state index in [1.165, 1.54) is 17.7 Å². The van der Waals surface area contributed by atoms with Gasteiger partial charge in [-0.05, 0) is 37.9 Å². The van der Waals surface area contributed by atoms with Crippen LogP contribution < -0.4 is 11.1 Å². The fourth-order valence-electron chi connectivity index (χ4n) is 1.80. The number of nitrogens with two attached hydrogens (primary N) is 1. The third kappa shape index (κ3) is 5.43. The van der Waals surface area contributed by atoms with Crippen molar-refractivity contribution in [3.8, 4) is 0 Å². The highest BCUT2D eigenvalue weighted by atomic mass is 35.5. The quantitative estimate of drug-likeness (QED) is 0.814. The Kier molecular flexibility index (Phi) is 6.69. The zero-order valence-electron chi connectivity index (χ0n) is 10.9. The normalized spacial score (nSPS) is 15.4. The summed E-state index contributed by atoms with van der Waals surface area (Å²) in [5.41, 5.74) is 5.39. The summed E-state index contributed by atoms with van der Waals surface area (Å²) in [6.45, 7) is 1.35. The van der Waals surface area contributed by atoms with Crippen LogP contribution in [0.4, 0.5) is 0 Å². The minimum Gasteiger partial charge on any atom is -0.355 e. The summed E-state index contributed by atoms with van der Waals surface area (Å²) in [4.78, 5) is 12.8. The molecule has 3 nitrogen and oxygen atoms in total. The molecule has 1 saturated carbocycles. The van der Waals surface area contributed by atoms with E-state index < -0.39 is 0 Å². The molecular formula is C14H21ClN2OS. The fraction of sp³-hybridized carbons (Fsp3) is 0.500. The molecule has 1 aromatic carbocycles. The molecule has 0 unspecified atom stereocenters. The zero-order valence-corrected chi connectivity index (χ0v) is 12.6. The van der Waals surface area contributed by atoms with Gasteiger partial charge in [-0.15, -0.1) is 24.2 Å². The number of carbonyl (C=O) groups is 1. The van der Waals surface area contributed by atoms with E-state index in [1.807, 2.05) is 17.8 Å². The monoisotopic (exact) mass is 300 g/mol. The highest BCUT2D eigenvalue weighted by Crippen LogP contribution is 2.51. The molecule has 2 rings (SSSR count). The van der Waals surface area contributed by atoms with Crippen LogP contribution >= 0.6 is 24.2 Å². The second-order valence-electron chi connectivity index (χ2n) is 4.77. The molecule has 0 saturated heterocycles. The van der Waals surface area contributed by atoms with Crippen molar-refractivity contribution >= 4 is 30.1 Å². The molecule has 3 N–H and O–H groups in total. The molecule has 0 spiro atoms. The van der Waals surface area contributed by atoms with Crippen LogP contribution in [0.1, 0.15) is 25.7 Å². The van der Waals surface area contributed by atoms with Gasteiger partial charge in [0.2, 0.25) is 5.91 Å². The first-order valence-corrected chi connectivity index (χ1v) is 7.27. The van der Waals surface area contributed by atoms with E-state index in [0.29, 0.717) is 13.0 Å². The molecule has 0 aromatic heterocycles. The Morgan fingerprint density at radius 3 is 2.58 bits per heavy atom. The summed E-state index contributed by atoms with van der Waals surface area (Å²) in [6.07, 6.45) is 3.68. The Morgan fingerprint density at radius 1 is 1.32 bits per heavy atom. The van der Waals surface area contributed by atoms with Gasteiger partial charge in [0.25, 0.3) is 0 Å². The van der Waals surface area contributed by atoms with Crippen molar-refractivity contribution in [1.82, 2.24) is 5.32 Å². The average Bonchev–Trinajstić information content (AvgIpc) is 3.15. The van der Waals surface area contributed by atoms with Crippen LogP contribution in [0.25, 0.3) is 0 Å². The maximum atomic E-state index is 11.6. The number of halogens is 1. The van der Waals surface area contributed by atoms with Gasteiger partial charge >= 0.3 is 0 Å². The van der Waals surface area contributed by atoms with E-state index in [2.05, 4.69) is 29.6 Å². The van der Waals surface area contributed by atoms with Gasteiger partial charge < -0.3 is 11.1 Å². The van der Waals surface area contributed by atoms with Crippen LogP contribution in [0.3, 0.4) is 0 Å². The van der Waals surface area contributed by atoms with Crippen molar-refractivity contribution in [1.29, 1.82) is 0 Å². The number of nitrogens with one attached hydrogen (secondary N) is 1. The molecule has 19 heavy (non-hydrogen) atoms. The van der Waals surface area contributed by atoms with Gasteiger partial charge in [0, 0.05) is 22.6 Å². The summed E-state index contributed by atoms with van der Waals surface area (Å²) in [5, 5.41) is 3.03. The number of amides is 1. The molecule has 1 aliphatic carbocycles. The molecule has 1 amide bonds. The first-order chi connectivity index (χ1) is 8.74. The minimum absolute atomic E-state index is 0. The summed E-state index contributed by atoms with van der Waals surface area (Å²) >= 11 is 1.88. The van der Waals surface area contributed by atoms with Crippen LogP contribution in [-0.4, -0.2) is 23.7 Å². The topological polar surface area (TPSA) is 55.1 Å². The lowest BCUT2D eigenvalue weighted by atomic mass is 10.3. The molecule has 1 aromatic rings. The van der Waals surface area contributed by atoms with E-state index in [4.69, 9.17) is 5.73 Å². The van der Waals surface area contributed by atoms with Gasteiger partial charge in [0.05, 0.1) is 0 Å². The predicted molar refractivity (Wildman–Crippen MR) is 82.8 cm³/mol. The highest BCUT2D eigenvalue weighted by molar-refractivity contribution is 8.01. The lowest BCUT2D eigenvalue weighted by Gasteiger charge is -2.15. The van der Waals surface area contributed by atoms with Crippen molar-refractivity contribution in [3.63, 3.8) is 0 Å². The minimum atomic E-state index is 0. The number of benzene rings is 1. The van der Waals surface area contributed by atoms with Gasteiger partial charge in [-0.25, -0.2) is 0 Å². The maximum absolute atomic E-state index is 11.6. The van der Waals surface area contributed by atoms with Crippen molar-refractivity contribution in [2.45, 2.75) is 35.3 Å². The fourth-order valence-corrected chi connectivity index (χ4v) is 3.05. The smallest absolute Gasteiger partial charge is 0.220 e. The SMILES string of the molecule is Cl.NCCCC(=O)NCC1(Sc2ccccc2)CC1. The lowest BCUT2D eigenvalue weighted by Crippen LogP contribution is -2.31. The third-order valence-corrected chi connectivity index (χ3v) is 4.59. The first kappa shape index (κ1) is 16.3. The van der Waals surface area contributed by atoms with Crippen molar-refractivity contribution < 1.29 is 4.79 Å². The Bertz CT molecular complexity index is 396. The van der Waals surface area contributed by atoms with Crippen molar-refractivity contribution in [3.05, 3.63) is 30.3 Å². The maximum Gasteiger partial charge on any atom is 0.220 e. The van der Waals surface area contributed by atoms with Crippen LogP contribution in [0, 0.1) is 0 Å². The Balaban J connectivity index is 0.00000180. The molecule has 106 valence electrons. The third-order valence-electron chi connectivity index (χ3n) is 3.10. The van der Waals surface area contributed by atoms with E-state index in [-0.39, 0.29) is 23.1 Å². The summed E-state index contributed by atoms with van der Waals surface area (Å²) < 4.78 is 0.236. The average molecular weight is 301 g/mol. The molecule has 1 fully saturated rings. The van der Waals surface area contributed by atoms with Crippen LogP contribution in [0.5, 0.6) is 0 Å². The van der Waals surface area contributed by atoms with Crippen molar-refractivity contribution in [2.75, 3.05) is 13.1 Å². The van der Waals surface area contributed by atoms with E-state index in [1.54, 1.807) is 0 Å². The Hall–Kier alpha value is -0.710. The van der Waals surface area contributed by atoms with Gasteiger partial charge in [0.1, 0.15) is 0 Å². The van der Waals surface area contributed by atoms with Crippen LogP contribution in [-0.2, 0) is 4.79 Å². The molecule has 0 heterocycles. The zero-order chi connectivity index (χ0) is 12.8. The second kappa shape index (κ2) is 7.78. The summed E-state index contributed by atoms with van der Waals surface area (Å²) in [6, 6.07) is 10.4. The van der Waals surface area contributed by atoms with E-state index >= 15 is 0 Å². The Labute approximate surface area is 125 Å². The van der Waals surface area contributed by atoms with Gasteiger partial charge in [-0.1, -0.05) is 18.2 Å². The van der Waals surface area contributed by atoms with Crippen LogP contribution in [0.15, 0.2) is 35.2 Å². The lowest BCUT2D eigenvalue weighted by molar-refractivity contribution is -0.121. The second-order valence-corrected chi connectivity index (χ2v) is 6.31. The standard InChI is InChI=1S/C14H20N2OS.ClH/c15-10-4-7-13(17)16-11-14(8-9-14)18-12-5-2-1-3-6-12;/h1-3,5-6H,4,7-11,15H2,(H,16,17);1H. The Morgan fingerprint density at radius 2 is 2.00 bits per heavy atom. The number of thioether (sulfide) groups is 1. The van der Waals surface area contributed by atoms with E-state index in [0.717, 1.165) is 13.0 Å². The molecular weight excluding hydrogens is 280 g/mol. The van der Waals surface area contributed by atoms with E-state index in [9.17, 15) is 4.79 Å². The van der Waals surface area contributed by atoms with Crippen LogP contribution in [0.2, 0.25) is 0 Å². The summed E-state index contributed by atoms with van der Waals surface area (Å²) in [5.74, 6) is 0.125. The van der Waals surface area contributed by atoms with Gasteiger partial charge in [-0.3, -0.25) is 4.79 Å². The predicted octanol–water partition coefficient (Wildman–Crippen LogP) is 2.59. The molecule has 0 radical (unpaired) electrons. The first-order valence-electron chi connectivity index (χ1n) is 6.45. The number of hydrogen-bond donors (Lipinski definition) is 2. The number of hydrogen-bond acceptors (Lipinski definition) is 3. The van der Waals surface area contributed by atoms with Gasteiger partial charge in [-0.2, -0.15) is 0 Å². The van der Waals surface area contributed by atoms with Crippen molar-refractivity contribution in [2.24, 2.45) is 5.73 Å². The molecule has 1 aliphatic rings.